The second-order valence-corrected chi connectivity index (χ2v) is 8.57. The van der Waals surface area contributed by atoms with Gasteiger partial charge in [-0.1, -0.05) is 48.4 Å². The monoisotopic (exact) mass is 414 g/mol. The first-order valence-corrected chi connectivity index (χ1v) is 11.8. The molecular weight excluding hydrogens is 380 g/mol. The van der Waals surface area contributed by atoms with Gasteiger partial charge in [-0.15, -0.1) is 10.2 Å². The van der Waals surface area contributed by atoms with Gasteiger partial charge in [0.15, 0.2) is 11.1 Å². The van der Waals surface area contributed by atoms with Crippen LogP contribution in [0.25, 0.3) is 0 Å². The summed E-state index contributed by atoms with van der Waals surface area (Å²) in [5.41, 5.74) is 3.90. The van der Waals surface area contributed by atoms with Crippen molar-refractivity contribution in [2.24, 2.45) is 4.99 Å². The maximum atomic E-state index is 4.48. The van der Waals surface area contributed by atoms with Gasteiger partial charge in [-0.05, 0) is 50.5 Å². The summed E-state index contributed by atoms with van der Waals surface area (Å²) in [7, 11) is 1.82. The number of nitrogens with one attached hydrogen (secondary N) is 2. The molecule has 0 aliphatic heterocycles. The van der Waals surface area contributed by atoms with E-state index in [9.17, 15) is 0 Å². The summed E-state index contributed by atoms with van der Waals surface area (Å²) in [5, 5.41) is 16.8. The Balaban J connectivity index is 1.47. The molecular formula is C22H34N6S. The Labute approximate surface area is 179 Å². The fraction of sp³-hybridized carbons (Fsp3) is 0.591. The highest BCUT2D eigenvalue weighted by atomic mass is 32.2. The molecule has 6 nitrogen and oxygen atoms in total. The molecule has 0 radical (unpaired) electrons. The molecule has 1 aromatic carbocycles. The van der Waals surface area contributed by atoms with Crippen LogP contribution < -0.4 is 10.6 Å². The van der Waals surface area contributed by atoms with Gasteiger partial charge in [-0.25, -0.2) is 0 Å². The number of aliphatic imine (C=N–C) groups is 1. The SMILES string of the molecule is CN=C(NCCCc1nnc(SC)n1C1CCCC1)NCc1ccc(C)cc1C. The number of rotatable bonds is 8. The topological polar surface area (TPSA) is 67.1 Å². The fourth-order valence-electron chi connectivity index (χ4n) is 4.04. The van der Waals surface area contributed by atoms with E-state index in [1.165, 1.54) is 42.4 Å². The van der Waals surface area contributed by atoms with Crippen LogP contribution in [0.5, 0.6) is 0 Å². The van der Waals surface area contributed by atoms with Gasteiger partial charge in [-0.3, -0.25) is 4.99 Å². The van der Waals surface area contributed by atoms with E-state index in [1.807, 2.05) is 7.05 Å². The Morgan fingerprint density at radius 2 is 2.00 bits per heavy atom. The fourth-order valence-corrected chi connectivity index (χ4v) is 4.62. The standard InChI is InChI=1S/C22H34N6S/c1-16-11-12-18(17(2)14-16)15-25-21(23-3)24-13-7-10-20-26-27-22(29-4)28(20)19-8-5-6-9-19/h11-12,14,19H,5-10,13,15H2,1-4H3,(H2,23,24,25). The molecule has 1 aromatic heterocycles. The summed E-state index contributed by atoms with van der Waals surface area (Å²) in [5.74, 6) is 1.97. The van der Waals surface area contributed by atoms with Gasteiger partial charge in [0.05, 0.1) is 0 Å². The number of hydrogen-bond acceptors (Lipinski definition) is 4. The average molecular weight is 415 g/mol. The summed E-state index contributed by atoms with van der Waals surface area (Å²) in [4.78, 5) is 4.35. The van der Waals surface area contributed by atoms with E-state index in [-0.39, 0.29) is 0 Å². The maximum absolute atomic E-state index is 4.48. The molecule has 0 saturated heterocycles. The lowest BCUT2D eigenvalue weighted by atomic mass is 10.1. The summed E-state index contributed by atoms with van der Waals surface area (Å²) < 4.78 is 2.39. The predicted molar refractivity (Wildman–Crippen MR) is 122 cm³/mol. The smallest absolute Gasteiger partial charge is 0.191 e. The molecule has 3 rings (SSSR count). The van der Waals surface area contributed by atoms with Gasteiger partial charge < -0.3 is 15.2 Å². The third-order valence-electron chi connectivity index (χ3n) is 5.65. The molecule has 1 aliphatic rings. The van der Waals surface area contributed by atoms with Crippen molar-refractivity contribution >= 4 is 17.7 Å². The van der Waals surface area contributed by atoms with Crippen molar-refractivity contribution < 1.29 is 0 Å². The summed E-state index contributed by atoms with van der Waals surface area (Å²) in [6.45, 7) is 5.92. The molecule has 0 unspecified atom stereocenters. The molecule has 0 spiro atoms. The Morgan fingerprint density at radius 3 is 2.69 bits per heavy atom. The zero-order chi connectivity index (χ0) is 20.6. The quantitative estimate of drug-likeness (QED) is 0.295. The maximum Gasteiger partial charge on any atom is 0.191 e. The van der Waals surface area contributed by atoms with Crippen molar-refractivity contribution in [2.75, 3.05) is 19.8 Å². The van der Waals surface area contributed by atoms with Crippen LogP contribution >= 0.6 is 11.8 Å². The van der Waals surface area contributed by atoms with E-state index < -0.39 is 0 Å². The van der Waals surface area contributed by atoms with Gasteiger partial charge in [0, 0.05) is 32.6 Å². The normalized spacial score (nSPS) is 15.1. The second-order valence-electron chi connectivity index (χ2n) is 7.80. The number of aromatic nitrogens is 3. The lowest BCUT2D eigenvalue weighted by Gasteiger charge is -2.16. The Hall–Kier alpha value is -2.02. The first-order chi connectivity index (χ1) is 14.1. The summed E-state index contributed by atoms with van der Waals surface area (Å²) in [6.07, 6.45) is 9.18. The van der Waals surface area contributed by atoms with Crippen LogP contribution in [0.1, 0.15) is 60.7 Å². The van der Waals surface area contributed by atoms with Gasteiger partial charge in [0.25, 0.3) is 0 Å². The highest BCUT2D eigenvalue weighted by molar-refractivity contribution is 7.98. The average Bonchev–Trinajstić information content (AvgIpc) is 3.37. The summed E-state index contributed by atoms with van der Waals surface area (Å²) in [6, 6.07) is 7.15. The zero-order valence-electron chi connectivity index (χ0n) is 18.2. The van der Waals surface area contributed by atoms with E-state index >= 15 is 0 Å². The lowest BCUT2D eigenvalue weighted by Crippen LogP contribution is -2.37. The minimum absolute atomic E-state index is 0.586. The predicted octanol–water partition coefficient (Wildman–Crippen LogP) is 4.03. The molecule has 1 saturated carbocycles. The number of benzene rings is 1. The molecule has 0 amide bonds. The van der Waals surface area contributed by atoms with Crippen molar-refractivity contribution in [2.45, 2.75) is 70.1 Å². The molecule has 2 aromatic rings. The number of aryl methyl sites for hydroxylation is 3. The van der Waals surface area contributed by atoms with Crippen LogP contribution in [0, 0.1) is 13.8 Å². The van der Waals surface area contributed by atoms with Crippen LogP contribution in [-0.2, 0) is 13.0 Å². The third-order valence-corrected chi connectivity index (χ3v) is 6.29. The minimum Gasteiger partial charge on any atom is -0.356 e. The largest absolute Gasteiger partial charge is 0.356 e. The zero-order valence-corrected chi connectivity index (χ0v) is 19.0. The first-order valence-electron chi connectivity index (χ1n) is 10.6. The van der Waals surface area contributed by atoms with E-state index in [2.05, 4.69) is 68.7 Å². The number of hydrogen-bond donors (Lipinski definition) is 2. The lowest BCUT2D eigenvalue weighted by molar-refractivity contribution is 0.460. The molecule has 7 heteroatoms. The van der Waals surface area contributed by atoms with Crippen LogP contribution in [0.4, 0.5) is 0 Å². The molecule has 29 heavy (non-hydrogen) atoms. The number of guanidine groups is 1. The van der Waals surface area contributed by atoms with Crippen LogP contribution in [0.3, 0.4) is 0 Å². The molecule has 0 atom stereocenters. The van der Waals surface area contributed by atoms with Gasteiger partial charge in [-0.2, -0.15) is 0 Å². The Bertz CT molecular complexity index is 823. The molecule has 1 aliphatic carbocycles. The van der Waals surface area contributed by atoms with Crippen molar-refractivity contribution in [3.8, 4) is 0 Å². The van der Waals surface area contributed by atoms with Crippen LogP contribution in [-0.4, -0.2) is 40.6 Å². The molecule has 2 N–H and O–H groups in total. The molecule has 1 heterocycles. The minimum atomic E-state index is 0.586. The summed E-state index contributed by atoms with van der Waals surface area (Å²) >= 11 is 1.70. The van der Waals surface area contributed by atoms with Crippen molar-refractivity contribution in [3.63, 3.8) is 0 Å². The first kappa shape index (κ1) is 21.7. The van der Waals surface area contributed by atoms with Gasteiger partial charge in [0.1, 0.15) is 5.82 Å². The van der Waals surface area contributed by atoms with Crippen LogP contribution in [0.15, 0.2) is 28.3 Å². The molecule has 158 valence electrons. The number of thioether (sulfide) groups is 1. The van der Waals surface area contributed by atoms with Gasteiger partial charge in [0.2, 0.25) is 0 Å². The van der Waals surface area contributed by atoms with E-state index in [0.29, 0.717) is 6.04 Å². The third kappa shape index (κ3) is 5.75. The van der Waals surface area contributed by atoms with Crippen LogP contribution in [0.2, 0.25) is 0 Å². The van der Waals surface area contributed by atoms with Crippen molar-refractivity contribution in [3.05, 3.63) is 40.7 Å². The van der Waals surface area contributed by atoms with E-state index in [0.717, 1.165) is 42.9 Å². The Morgan fingerprint density at radius 1 is 1.21 bits per heavy atom. The highest BCUT2D eigenvalue weighted by Gasteiger charge is 2.23. The van der Waals surface area contributed by atoms with E-state index in [4.69, 9.17) is 0 Å². The number of nitrogens with zero attached hydrogens (tertiary/aromatic N) is 4. The highest BCUT2D eigenvalue weighted by Crippen LogP contribution is 2.33. The van der Waals surface area contributed by atoms with Gasteiger partial charge >= 0.3 is 0 Å². The second kappa shape index (κ2) is 10.7. The van der Waals surface area contributed by atoms with E-state index in [1.54, 1.807) is 11.8 Å². The van der Waals surface area contributed by atoms with Crippen molar-refractivity contribution in [1.82, 2.24) is 25.4 Å². The Kier molecular flexibility index (Phi) is 7.98. The molecule has 1 fully saturated rings. The van der Waals surface area contributed by atoms with Crippen molar-refractivity contribution in [1.29, 1.82) is 0 Å². The molecule has 0 bridgehead atoms.